The minimum Gasteiger partial charge on any atom is -0.348 e. The Morgan fingerprint density at radius 1 is 1.00 bits per heavy atom. The highest BCUT2D eigenvalue weighted by Gasteiger charge is 2.09. The maximum absolute atomic E-state index is 12.5. The van der Waals surface area contributed by atoms with Crippen LogP contribution >= 0.6 is 11.9 Å². The van der Waals surface area contributed by atoms with Gasteiger partial charge in [0.05, 0.1) is 0 Å². The Labute approximate surface area is 164 Å². The molecule has 2 N–H and O–H groups in total. The lowest BCUT2D eigenvalue weighted by atomic mass is 10.1. The molecule has 0 saturated heterocycles. The predicted octanol–water partition coefficient (Wildman–Crippen LogP) is 5.06. The molecule has 0 bridgehead atoms. The summed E-state index contributed by atoms with van der Waals surface area (Å²) < 4.78 is 3.35. The lowest BCUT2D eigenvalue weighted by Gasteiger charge is -2.11. The first-order chi connectivity index (χ1) is 13.0. The van der Waals surface area contributed by atoms with E-state index in [1.54, 1.807) is 6.20 Å². The van der Waals surface area contributed by atoms with Gasteiger partial charge in [0, 0.05) is 34.6 Å². The topological polar surface area (TPSA) is 54.0 Å². The number of amides is 1. The zero-order chi connectivity index (χ0) is 19.2. The SMILES string of the molecule is Cc1ccc(SNc2cc(C(=O)NCc3ccc(C)nc3)ccc2C)cc1. The predicted molar refractivity (Wildman–Crippen MR) is 112 cm³/mol. The number of benzene rings is 2. The van der Waals surface area contributed by atoms with Gasteiger partial charge in [0.25, 0.3) is 5.91 Å². The summed E-state index contributed by atoms with van der Waals surface area (Å²) in [6.45, 7) is 6.50. The number of nitrogens with zero attached hydrogens (tertiary/aromatic N) is 1. The third kappa shape index (κ3) is 5.34. The van der Waals surface area contributed by atoms with Gasteiger partial charge in [-0.05, 0) is 74.2 Å². The number of pyridine rings is 1. The Kier molecular flexibility index (Phi) is 6.14. The quantitative estimate of drug-likeness (QED) is 0.590. The molecule has 3 aromatic rings. The van der Waals surface area contributed by atoms with E-state index in [1.165, 1.54) is 17.5 Å². The fraction of sp³-hybridized carbons (Fsp3) is 0.182. The van der Waals surface area contributed by atoms with E-state index in [-0.39, 0.29) is 5.91 Å². The fourth-order valence-corrected chi connectivity index (χ4v) is 3.20. The van der Waals surface area contributed by atoms with Crippen LogP contribution in [0.25, 0.3) is 0 Å². The maximum Gasteiger partial charge on any atom is 0.251 e. The second-order valence-electron chi connectivity index (χ2n) is 6.54. The van der Waals surface area contributed by atoms with E-state index in [0.717, 1.165) is 27.4 Å². The van der Waals surface area contributed by atoms with Gasteiger partial charge in [0.15, 0.2) is 0 Å². The molecule has 0 fully saturated rings. The van der Waals surface area contributed by atoms with Crippen molar-refractivity contribution in [1.82, 2.24) is 10.3 Å². The Bertz CT molecular complexity index is 921. The molecule has 27 heavy (non-hydrogen) atoms. The number of hydrogen-bond donors (Lipinski definition) is 2. The van der Waals surface area contributed by atoms with E-state index >= 15 is 0 Å². The average Bonchev–Trinajstić information content (AvgIpc) is 2.68. The number of rotatable bonds is 6. The Hall–Kier alpha value is -2.79. The summed E-state index contributed by atoms with van der Waals surface area (Å²) in [6.07, 6.45) is 1.79. The number of carbonyl (C=O) groups excluding carboxylic acids is 1. The minimum absolute atomic E-state index is 0.0982. The second-order valence-corrected chi connectivity index (χ2v) is 7.42. The molecule has 0 unspecified atom stereocenters. The van der Waals surface area contributed by atoms with Crippen LogP contribution in [0.4, 0.5) is 5.69 Å². The lowest BCUT2D eigenvalue weighted by Crippen LogP contribution is -2.23. The van der Waals surface area contributed by atoms with Crippen LogP contribution in [0.5, 0.6) is 0 Å². The molecule has 1 amide bonds. The molecular formula is C22H23N3OS. The molecule has 3 rings (SSSR count). The highest BCUT2D eigenvalue weighted by atomic mass is 32.2. The van der Waals surface area contributed by atoms with Gasteiger partial charge in [-0.1, -0.05) is 29.8 Å². The summed E-state index contributed by atoms with van der Waals surface area (Å²) in [6, 6.07) is 17.9. The summed E-state index contributed by atoms with van der Waals surface area (Å²) >= 11 is 1.54. The standard InChI is InChI=1S/C22H23N3OS/c1-15-4-10-20(11-5-15)27-25-21-12-19(9-6-16(21)2)22(26)24-14-18-8-7-17(3)23-13-18/h4-13,25H,14H2,1-3H3,(H,24,26). The first kappa shape index (κ1) is 19.0. The molecule has 5 heteroatoms. The van der Waals surface area contributed by atoms with Crippen molar-refractivity contribution < 1.29 is 4.79 Å². The number of anilines is 1. The molecule has 138 valence electrons. The zero-order valence-electron chi connectivity index (χ0n) is 15.7. The Balaban J connectivity index is 1.63. The van der Waals surface area contributed by atoms with Gasteiger partial charge in [-0.15, -0.1) is 0 Å². The third-order valence-electron chi connectivity index (χ3n) is 4.23. The van der Waals surface area contributed by atoms with E-state index in [0.29, 0.717) is 12.1 Å². The second kappa shape index (κ2) is 8.73. The van der Waals surface area contributed by atoms with Crippen molar-refractivity contribution in [3.63, 3.8) is 0 Å². The number of carbonyl (C=O) groups is 1. The smallest absolute Gasteiger partial charge is 0.251 e. The molecule has 1 heterocycles. The number of hydrogen-bond acceptors (Lipinski definition) is 4. The Morgan fingerprint density at radius 2 is 1.78 bits per heavy atom. The zero-order valence-corrected chi connectivity index (χ0v) is 16.6. The van der Waals surface area contributed by atoms with E-state index in [9.17, 15) is 4.79 Å². The van der Waals surface area contributed by atoms with Gasteiger partial charge in [0.1, 0.15) is 0 Å². The van der Waals surface area contributed by atoms with Crippen molar-refractivity contribution in [1.29, 1.82) is 0 Å². The number of aryl methyl sites for hydroxylation is 3. The molecule has 0 radical (unpaired) electrons. The van der Waals surface area contributed by atoms with Crippen LogP contribution in [0.15, 0.2) is 65.7 Å². The highest BCUT2D eigenvalue weighted by molar-refractivity contribution is 8.00. The third-order valence-corrected chi connectivity index (χ3v) is 5.06. The highest BCUT2D eigenvalue weighted by Crippen LogP contribution is 2.25. The van der Waals surface area contributed by atoms with Crippen molar-refractivity contribution in [2.24, 2.45) is 0 Å². The van der Waals surface area contributed by atoms with E-state index in [1.807, 2.05) is 44.2 Å². The van der Waals surface area contributed by atoms with Crippen LogP contribution in [-0.4, -0.2) is 10.9 Å². The lowest BCUT2D eigenvalue weighted by molar-refractivity contribution is 0.0951. The molecule has 0 atom stereocenters. The van der Waals surface area contributed by atoms with Gasteiger partial charge in [-0.25, -0.2) is 0 Å². The largest absolute Gasteiger partial charge is 0.348 e. The monoisotopic (exact) mass is 377 g/mol. The van der Waals surface area contributed by atoms with Crippen molar-refractivity contribution >= 4 is 23.5 Å². The van der Waals surface area contributed by atoms with Crippen LogP contribution in [0.3, 0.4) is 0 Å². The summed E-state index contributed by atoms with van der Waals surface area (Å²) in [5.74, 6) is -0.0982. The van der Waals surface area contributed by atoms with Crippen molar-refractivity contribution in [3.8, 4) is 0 Å². The first-order valence-electron chi connectivity index (χ1n) is 8.81. The average molecular weight is 378 g/mol. The molecule has 2 aromatic carbocycles. The van der Waals surface area contributed by atoms with Gasteiger partial charge in [-0.3, -0.25) is 9.78 Å². The summed E-state index contributed by atoms with van der Waals surface area (Å²) in [5, 5.41) is 2.95. The van der Waals surface area contributed by atoms with Crippen molar-refractivity contribution in [2.75, 3.05) is 4.72 Å². The normalized spacial score (nSPS) is 10.5. The van der Waals surface area contributed by atoms with E-state index in [2.05, 4.69) is 46.2 Å². The van der Waals surface area contributed by atoms with Gasteiger partial charge in [0.2, 0.25) is 0 Å². The summed E-state index contributed by atoms with van der Waals surface area (Å²) in [4.78, 5) is 17.9. The molecule has 4 nitrogen and oxygen atoms in total. The van der Waals surface area contributed by atoms with Crippen LogP contribution in [0, 0.1) is 20.8 Å². The summed E-state index contributed by atoms with van der Waals surface area (Å²) in [7, 11) is 0. The minimum atomic E-state index is -0.0982. The molecule has 0 aliphatic heterocycles. The van der Waals surface area contributed by atoms with Crippen LogP contribution < -0.4 is 10.0 Å². The molecule has 0 saturated carbocycles. The van der Waals surface area contributed by atoms with Crippen molar-refractivity contribution in [3.05, 3.63) is 88.7 Å². The van der Waals surface area contributed by atoms with Gasteiger partial charge < -0.3 is 10.0 Å². The molecule has 0 aliphatic rings. The molecule has 0 aliphatic carbocycles. The molecule has 1 aromatic heterocycles. The molecule has 0 spiro atoms. The number of nitrogens with one attached hydrogen (secondary N) is 2. The Morgan fingerprint density at radius 3 is 2.48 bits per heavy atom. The first-order valence-corrected chi connectivity index (χ1v) is 9.63. The van der Waals surface area contributed by atoms with Crippen LogP contribution in [-0.2, 0) is 6.54 Å². The summed E-state index contributed by atoms with van der Waals surface area (Å²) in [5.41, 5.74) is 5.84. The maximum atomic E-state index is 12.5. The van der Waals surface area contributed by atoms with E-state index in [4.69, 9.17) is 0 Å². The van der Waals surface area contributed by atoms with Gasteiger partial charge in [-0.2, -0.15) is 0 Å². The van der Waals surface area contributed by atoms with E-state index < -0.39 is 0 Å². The fourth-order valence-electron chi connectivity index (χ4n) is 2.48. The van der Waals surface area contributed by atoms with Crippen LogP contribution in [0.1, 0.15) is 32.7 Å². The number of aromatic nitrogens is 1. The van der Waals surface area contributed by atoms with Gasteiger partial charge >= 0.3 is 0 Å². The van der Waals surface area contributed by atoms with Crippen molar-refractivity contribution in [2.45, 2.75) is 32.2 Å². The molecular weight excluding hydrogens is 354 g/mol. The van der Waals surface area contributed by atoms with Crippen LogP contribution in [0.2, 0.25) is 0 Å².